The molecule has 2 rings (SSSR count). The van der Waals surface area contributed by atoms with E-state index in [1.807, 2.05) is 17.7 Å². The molecule has 19 heavy (non-hydrogen) atoms. The second kappa shape index (κ2) is 5.93. The van der Waals surface area contributed by atoms with Gasteiger partial charge < -0.3 is 5.32 Å². The van der Waals surface area contributed by atoms with E-state index < -0.39 is 0 Å². The quantitative estimate of drug-likeness (QED) is 0.890. The van der Waals surface area contributed by atoms with Crippen LogP contribution >= 0.6 is 0 Å². The van der Waals surface area contributed by atoms with E-state index in [1.54, 1.807) is 12.4 Å². The van der Waals surface area contributed by atoms with E-state index >= 15 is 0 Å². The predicted octanol–water partition coefficient (Wildman–Crippen LogP) is 1.82. The summed E-state index contributed by atoms with van der Waals surface area (Å²) in [4.78, 5) is 8.49. The Labute approximate surface area is 114 Å². The SMILES string of the molecule is Cc1nn(-c2ncccn2)c(C)c1CCNC(C)C. The van der Waals surface area contributed by atoms with Crippen molar-refractivity contribution in [1.29, 1.82) is 0 Å². The molecule has 0 spiro atoms. The molecule has 0 radical (unpaired) electrons. The maximum Gasteiger partial charge on any atom is 0.250 e. The highest BCUT2D eigenvalue weighted by Crippen LogP contribution is 2.15. The summed E-state index contributed by atoms with van der Waals surface area (Å²) in [6.07, 6.45) is 4.44. The van der Waals surface area contributed by atoms with Gasteiger partial charge in [-0.15, -0.1) is 0 Å². The van der Waals surface area contributed by atoms with Crippen molar-refractivity contribution in [2.24, 2.45) is 0 Å². The third kappa shape index (κ3) is 3.17. The Bertz CT molecular complexity index is 530. The van der Waals surface area contributed by atoms with E-state index in [0.29, 0.717) is 12.0 Å². The Balaban J connectivity index is 2.20. The molecule has 0 amide bonds. The summed E-state index contributed by atoms with van der Waals surface area (Å²) in [6, 6.07) is 2.32. The highest BCUT2D eigenvalue weighted by atomic mass is 15.4. The maximum atomic E-state index is 4.54. The van der Waals surface area contributed by atoms with Crippen LogP contribution in [0, 0.1) is 13.8 Å². The zero-order chi connectivity index (χ0) is 13.8. The van der Waals surface area contributed by atoms with Crippen molar-refractivity contribution < 1.29 is 0 Å². The molecule has 0 bridgehead atoms. The summed E-state index contributed by atoms with van der Waals surface area (Å²) in [7, 11) is 0. The Morgan fingerprint density at radius 1 is 1.21 bits per heavy atom. The topological polar surface area (TPSA) is 55.6 Å². The highest BCUT2D eigenvalue weighted by molar-refractivity contribution is 5.29. The molecule has 1 N–H and O–H groups in total. The molecule has 0 saturated heterocycles. The highest BCUT2D eigenvalue weighted by Gasteiger charge is 2.13. The van der Waals surface area contributed by atoms with Gasteiger partial charge in [0.05, 0.1) is 5.69 Å². The van der Waals surface area contributed by atoms with Gasteiger partial charge in [-0.2, -0.15) is 5.10 Å². The van der Waals surface area contributed by atoms with Gasteiger partial charge in [-0.1, -0.05) is 13.8 Å². The Morgan fingerprint density at radius 3 is 2.53 bits per heavy atom. The average Bonchev–Trinajstić information content (AvgIpc) is 2.67. The number of hydrogen-bond donors (Lipinski definition) is 1. The van der Waals surface area contributed by atoms with Crippen molar-refractivity contribution in [1.82, 2.24) is 25.1 Å². The summed E-state index contributed by atoms with van der Waals surface area (Å²) >= 11 is 0. The fourth-order valence-corrected chi connectivity index (χ4v) is 2.12. The zero-order valence-corrected chi connectivity index (χ0v) is 12.0. The van der Waals surface area contributed by atoms with E-state index in [4.69, 9.17) is 0 Å². The maximum absolute atomic E-state index is 4.54. The minimum Gasteiger partial charge on any atom is -0.314 e. The van der Waals surface area contributed by atoms with Crippen molar-refractivity contribution in [2.45, 2.75) is 40.2 Å². The van der Waals surface area contributed by atoms with E-state index in [-0.39, 0.29) is 0 Å². The first-order valence-electron chi connectivity index (χ1n) is 6.65. The molecule has 2 aromatic heterocycles. The Kier molecular flexibility index (Phi) is 4.27. The van der Waals surface area contributed by atoms with Gasteiger partial charge in [-0.3, -0.25) is 0 Å². The second-order valence-electron chi connectivity index (χ2n) is 4.97. The lowest BCUT2D eigenvalue weighted by atomic mass is 10.1. The van der Waals surface area contributed by atoms with Crippen molar-refractivity contribution in [3.05, 3.63) is 35.4 Å². The Hall–Kier alpha value is -1.75. The molecule has 0 aliphatic heterocycles. The molecular formula is C14H21N5. The van der Waals surface area contributed by atoms with Crippen LogP contribution < -0.4 is 5.32 Å². The summed E-state index contributed by atoms with van der Waals surface area (Å²) in [6.45, 7) is 9.38. The third-order valence-electron chi connectivity index (χ3n) is 3.11. The standard InChI is InChI=1S/C14H21N5/c1-10(2)15-9-6-13-11(3)18-19(12(13)4)14-16-7-5-8-17-14/h5,7-8,10,15H,6,9H2,1-4H3. The largest absolute Gasteiger partial charge is 0.314 e. The lowest BCUT2D eigenvalue weighted by molar-refractivity contribution is 0.589. The molecule has 5 heteroatoms. The molecule has 0 fully saturated rings. The average molecular weight is 259 g/mol. The first-order valence-corrected chi connectivity index (χ1v) is 6.65. The van der Waals surface area contributed by atoms with E-state index in [1.165, 1.54) is 5.56 Å². The van der Waals surface area contributed by atoms with Crippen molar-refractivity contribution >= 4 is 0 Å². The van der Waals surface area contributed by atoms with Crippen molar-refractivity contribution in [3.8, 4) is 5.95 Å². The van der Waals surface area contributed by atoms with Crippen LogP contribution in [0.3, 0.4) is 0 Å². The number of aromatic nitrogens is 4. The fraction of sp³-hybridized carbons (Fsp3) is 0.500. The van der Waals surface area contributed by atoms with Gasteiger partial charge in [0, 0.05) is 24.1 Å². The van der Waals surface area contributed by atoms with Gasteiger partial charge in [0.2, 0.25) is 0 Å². The summed E-state index contributed by atoms with van der Waals surface area (Å²) in [5.74, 6) is 0.631. The monoisotopic (exact) mass is 259 g/mol. The molecule has 102 valence electrons. The molecule has 2 heterocycles. The van der Waals surface area contributed by atoms with E-state index in [0.717, 1.165) is 24.4 Å². The second-order valence-corrected chi connectivity index (χ2v) is 4.97. The van der Waals surface area contributed by atoms with Gasteiger partial charge >= 0.3 is 0 Å². The molecule has 0 aliphatic rings. The number of hydrogen-bond acceptors (Lipinski definition) is 4. The molecule has 0 saturated carbocycles. The van der Waals surface area contributed by atoms with E-state index in [2.05, 4.69) is 41.2 Å². The normalized spacial score (nSPS) is 11.2. The minimum atomic E-state index is 0.508. The van der Waals surface area contributed by atoms with Gasteiger partial charge in [-0.05, 0) is 38.4 Å². The minimum absolute atomic E-state index is 0.508. The van der Waals surface area contributed by atoms with Crippen LogP contribution in [0.2, 0.25) is 0 Å². The van der Waals surface area contributed by atoms with Gasteiger partial charge in [0.15, 0.2) is 0 Å². The first kappa shape index (κ1) is 13.7. The number of aryl methyl sites for hydroxylation is 1. The molecule has 0 aliphatic carbocycles. The van der Waals surface area contributed by atoms with E-state index in [9.17, 15) is 0 Å². The smallest absolute Gasteiger partial charge is 0.250 e. The zero-order valence-electron chi connectivity index (χ0n) is 12.0. The molecule has 5 nitrogen and oxygen atoms in total. The first-order chi connectivity index (χ1) is 9.09. The number of nitrogens with one attached hydrogen (secondary N) is 1. The van der Waals surface area contributed by atoms with Gasteiger partial charge in [0.25, 0.3) is 5.95 Å². The number of rotatable bonds is 5. The molecular weight excluding hydrogens is 238 g/mol. The van der Waals surface area contributed by atoms with Crippen molar-refractivity contribution in [2.75, 3.05) is 6.54 Å². The van der Waals surface area contributed by atoms with Gasteiger partial charge in [-0.25, -0.2) is 14.6 Å². The van der Waals surface area contributed by atoms with Crippen LogP contribution in [0.5, 0.6) is 0 Å². The number of nitrogens with zero attached hydrogens (tertiary/aromatic N) is 4. The fourth-order valence-electron chi connectivity index (χ4n) is 2.12. The van der Waals surface area contributed by atoms with Gasteiger partial charge in [0.1, 0.15) is 0 Å². The summed E-state index contributed by atoms with van der Waals surface area (Å²) in [5, 5.41) is 7.97. The lowest BCUT2D eigenvalue weighted by Gasteiger charge is -2.08. The lowest BCUT2D eigenvalue weighted by Crippen LogP contribution is -2.25. The van der Waals surface area contributed by atoms with Crippen LogP contribution in [-0.4, -0.2) is 32.3 Å². The Morgan fingerprint density at radius 2 is 1.89 bits per heavy atom. The van der Waals surface area contributed by atoms with Crippen LogP contribution in [-0.2, 0) is 6.42 Å². The van der Waals surface area contributed by atoms with Crippen LogP contribution in [0.4, 0.5) is 0 Å². The molecule has 0 atom stereocenters. The molecule has 2 aromatic rings. The third-order valence-corrected chi connectivity index (χ3v) is 3.11. The summed E-state index contributed by atoms with van der Waals surface area (Å²) < 4.78 is 1.82. The van der Waals surface area contributed by atoms with Crippen molar-refractivity contribution in [3.63, 3.8) is 0 Å². The van der Waals surface area contributed by atoms with Crippen LogP contribution in [0.25, 0.3) is 5.95 Å². The molecule has 0 unspecified atom stereocenters. The van der Waals surface area contributed by atoms with Crippen LogP contribution in [0.15, 0.2) is 18.5 Å². The molecule has 0 aromatic carbocycles. The predicted molar refractivity (Wildman–Crippen MR) is 75.5 cm³/mol. The van der Waals surface area contributed by atoms with Crippen LogP contribution in [0.1, 0.15) is 30.8 Å². The summed E-state index contributed by atoms with van der Waals surface area (Å²) in [5.41, 5.74) is 3.45.